The first-order valence-corrected chi connectivity index (χ1v) is 13.2. The summed E-state index contributed by atoms with van der Waals surface area (Å²) in [5, 5.41) is 12.9. The maximum absolute atomic E-state index is 2.37. The van der Waals surface area contributed by atoms with E-state index in [4.69, 9.17) is 0 Å². The van der Waals surface area contributed by atoms with E-state index in [1.807, 2.05) is 0 Å². The third-order valence-corrected chi connectivity index (χ3v) is 7.98. The Labute approximate surface area is 221 Å². The van der Waals surface area contributed by atoms with Gasteiger partial charge in [0, 0.05) is 0 Å². The first-order chi connectivity index (χ1) is 18.8. The van der Waals surface area contributed by atoms with Crippen molar-refractivity contribution in [2.45, 2.75) is 0 Å². The summed E-state index contributed by atoms with van der Waals surface area (Å²) >= 11 is 0. The summed E-state index contributed by atoms with van der Waals surface area (Å²) in [6, 6.07) is 53.4. The van der Waals surface area contributed by atoms with Crippen LogP contribution >= 0.6 is 0 Å². The third kappa shape index (κ3) is 3.31. The van der Waals surface area contributed by atoms with Gasteiger partial charge in [0.2, 0.25) is 0 Å². The minimum Gasteiger partial charge on any atom is -0.0616 e. The maximum atomic E-state index is 2.37. The van der Waals surface area contributed by atoms with Crippen molar-refractivity contribution in [3.8, 4) is 22.3 Å². The molecule has 0 nitrogen and oxygen atoms in total. The van der Waals surface area contributed by atoms with Crippen LogP contribution in [0.3, 0.4) is 0 Å². The Kier molecular flexibility index (Phi) is 4.62. The molecule has 8 aromatic rings. The summed E-state index contributed by atoms with van der Waals surface area (Å²) < 4.78 is 0. The molecule has 0 heteroatoms. The molecule has 0 saturated carbocycles. The van der Waals surface area contributed by atoms with E-state index in [-0.39, 0.29) is 0 Å². The van der Waals surface area contributed by atoms with Gasteiger partial charge in [0.05, 0.1) is 0 Å². The highest BCUT2D eigenvalue weighted by molar-refractivity contribution is 6.23. The van der Waals surface area contributed by atoms with Crippen LogP contribution in [0.15, 0.2) is 146 Å². The molecule has 0 fully saturated rings. The maximum Gasteiger partial charge on any atom is -0.00264 e. The van der Waals surface area contributed by atoms with Crippen LogP contribution in [0.1, 0.15) is 0 Å². The van der Waals surface area contributed by atoms with Crippen LogP contribution < -0.4 is 0 Å². The first kappa shape index (κ1) is 21.2. The monoisotopic (exact) mass is 480 g/mol. The SMILES string of the molecule is c1ccc2cc(-c3ccc4cc(-c5cc6ccc7ccccc7c6c6ccccc56)ccc4c3)ccc2c1. The summed E-state index contributed by atoms with van der Waals surface area (Å²) in [6.45, 7) is 0. The second kappa shape index (κ2) is 8.30. The van der Waals surface area contributed by atoms with E-state index in [2.05, 4.69) is 146 Å². The highest BCUT2D eigenvalue weighted by atomic mass is 14.2. The lowest BCUT2D eigenvalue weighted by atomic mass is 9.90. The average molecular weight is 481 g/mol. The Morgan fingerprint density at radius 2 is 0.737 bits per heavy atom. The highest BCUT2D eigenvalue weighted by Gasteiger charge is 2.12. The zero-order valence-electron chi connectivity index (χ0n) is 20.9. The van der Waals surface area contributed by atoms with Gasteiger partial charge < -0.3 is 0 Å². The lowest BCUT2D eigenvalue weighted by Gasteiger charge is -2.14. The molecule has 0 aromatic heterocycles. The van der Waals surface area contributed by atoms with Crippen molar-refractivity contribution in [2.24, 2.45) is 0 Å². The van der Waals surface area contributed by atoms with Gasteiger partial charge in [-0.05, 0) is 100 Å². The van der Waals surface area contributed by atoms with Crippen molar-refractivity contribution in [3.05, 3.63) is 146 Å². The van der Waals surface area contributed by atoms with Crippen LogP contribution in [0, 0.1) is 0 Å². The van der Waals surface area contributed by atoms with E-state index in [1.165, 1.54) is 76.1 Å². The van der Waals surface area contributed by atoms with Gasteiger partial charge in [-0.25, -0.2) is 0 Å². The van der Waals surface area contributed by atoms with E-state index in [0.29, 0.717) is 0 Å². The molecule has 8 aromatic carbocycles. The van der Waals surface area contributed by atoms with Crippen molar-refractivity contribution in [2.75, 3.05) is 0 Å². The molecule has 0 radical (unpaired) electrons. The van der Waals surface area contributed by atoms with Gasteiger partial charge in [-0.1, -0.05) is 121 Å². The van der Waals surface area contributed by atoms with E-state index >= 15 is 0 Å². The molecule has 0 aliphatic rings. The molecule has 0 N–H and O–H groups in total. The minimum absolute atomic E-state index is 1.25. The molecule has 0 saturated heterocycles. The highest BCUT2D eigenvalue weighted by Crippen LogP contribution is 2.39. The molecule has 0 heterocycles. The van der Waals surface area contributed by atoms with E-state index < -0.39 is 0 Å². The molecule has 0 spiro atoms. The lowest BCUT2D eigenvalue weighted by Crippen LogP contribution is -1.87. The molecule has 0 unspecified atom stereocenters. The average Bonchev–Trinajstić information content (AvgIpc) is 2.99. The second-order valence-electron chi connectivity index (χ2n) is 10.2. The van der Waals surface area contributed by atoms with Gasteiger partial charge in [-0.2, -0.15) is 0 Å². The van der Waals surface area contributed by atoms with Crippen LogP contribution in [0.25, 0.3) is 76.1 Å². The molecule has 38 heavy (non-hydrogen) atoms. The van der Waals surface area contributed by atoms with Crippen molar-refractivity contribution in [3.63, 3.8) is 0 Å². The van der Waals surface area contributed by atoms with Gasteiger partial charge in [-0.3, -0.25) is 0 Å². The minimum atomic E-state index is 1.25. The smallest absolute Gasteiger partial charge is 0.00264 e. The van der Waals surface area contributed by atoms with Crippen LogP contribution in [0.2, 0.25) is 0 Å². The standard InChI is InChI=1S/C38H24/c1-2-9-27-21-28(15-13-25(27)7-1)29-16-17-31-23-32(19-18-30(31)22-29)37-24-33-20-14-26-8-3-4-10-34(26)38(33)36-12-6-5-11-35(36)37/h1-24H. The van der Waals surface area contributed by atoms with Crippen molar-refractivity contribution in [1.82, 2.24) is 0 Å². The van der Waals surface area contributed by atoms with E-state index in [0.717, 1.165) is 0 Å². The Hall–Kier alpha value is -4.94. The van der Waals surface area contributed by atoms with Crippen molar-refractivity contribution < 1.29 is 0 Å². The molecule has 0 aliphatic heterocycles. The fourth-order valence-corrected chi connectivity index (χ4v) is 6.08. The predicted octanol–water partition coefficient (Wildman–Crippen LogP) is 10.8. The summed E-state index contributed by atoms with van der Waals surface area (Å²) in [4.78, 5) is 0. The summed E-state index contributed by atoms with van der Waals surface area (Å²) in [7, 11) is 0. The quantitative estimate of drug-likeness (QED) is 0.216. The van der Waals surface area contributed by atoms with Crippen LogP contribution in [0.5, 0.6) is 0 Å². The number of hydrogen-bond donors (Lipinski definition) is 0. The predicted molar refractivity (Wildman–Crippen MR) is 165 cm³/mol. The Morgan fingerprint density at radius 3 is 1.50 bits per heavy atom. The molecule has 0 amide bonds. The zero-order chi connectivity index (χ0) is 25.1. The summed E-state index contributed by atoms with van der Waals surface area (Å²) in [5.74, 6) is 0. The van der Waals surface area contributed by atoms with Crippen LogP contribution in [0.4, 0.5) is 0 Å². The molecule has 176 valence electrons. The van der Waals surface area contributed by atoms with Gasteiger partial charge in [-0.15, -0.1) is 0 Å². The molecular weight excluding hydrogens is 456 g/mol. The van der Waals surface area contributed by atoms with Crippen LogP contribution in [-0.4, -0.2) is 0 Å². The normalized spacial score (nSPS) is 11.7. The molecule has 8 rings (SSSR count). The lowest BCUT2D eigenvalue weighted by molar-refractivity contribution is 1.66. The molecular formula is C38H24. The Bertz CT molecular complexity index is 2180. The van der Waals surface area contributed by atoms with Gasteiger partial charge in [0.25, 0.3) is 0 Å². The second-order valence-corrected chi connectivity index (χ2v) is 10.2. The fraction of sp³-hybridized carbons (Fsp3) is 0. The largest absolute Gasteiger partial charge is 0.0616 e. The summed E-state index contributed by atoms with van der Waals surface area (Å²) in [6.07, 6.45) is 0. The van der Waals surface area contributed by atoms with Crippen LogP contribution in [-0.2, 0) is 0 Å². The number of benzene rings is 8. The Morgan fingerprint density at radius 1 is 0.263 bits per heavy atom. The number of hydrogen-bond acceptors (Lipinski definition) is 0. The van der Waals surface area contributed by atoms with Gasteiger partial charge >= 0.3 is 0 Å². The molecule has 0 atom stereocenters. The summed E-state index contributed by atoms with van der Waals surface area (Å²) in [5.41, 5.74) is 5.03. The van der Waals surface area contributed by atoms with Crippen molar-refractivity contribution >= 4 is 53.9 Å². The first-order valence-electron chi connectivity index (χ1n) is 13.2. The van der Waals surface area contributed by atoms with Gasteiger partial charge in [0.1, 0.15) is 0 Å². The number of fused-ring (bicyclic) bond motifs is 7. The fourth-order valence-electron chi connectivity index (χ4n) is 6.08. The topological polar surface area (TPSA) is 0 Å². The number of rotatable bonds is 2. The zero-order valence-corrected chi connectivity index (χ0v) is 20.9. The van der Waals surface area contributed by atoms with Gasteiger partial charge in [0.15, 0.2) is 0 Å². The van der Waals surface area contributed by atoms with E-state index in [9.17, 15) is 0 Å². The van der Waals surface area contributed by atoms with E-state index in [1.54, 1.807) is 0 Å². The molecule has 0 aliphatic carbocycles. The van der Waals surface area contributed by atoms with Crippen molar-refractivity contribution in [1.29, 1.82) is 0 Å². The Balaban J connectivity index is 1.29. The third-order valence-electron chi connectivity index (χ3n) is 7.98. The molecule has 0 bridgehead atoms.